The summed E-state index contributed by atoms with van der Waals surface area (Å²) >= 11 is 0. The Balaban J connectivity index is 2.00. The van der Waals surface area contributed by atoms with Crippen LogP contribution < -0.4 is 10.1 Å². The predicted octanol–water partition coefficient (Wildman–Crippen LogP) is 8.54. The molecule has 4 aromatic carbocycles. The van der Waals surface area contributed by atoms with E-state index in [1.54, 1.807) is 7.11 Å². The van der Waals surface area contributed by atoms with Crippen LogP contribution in [0, 0.1) is 18.8 Å². The first-order valence-electron chi connectivity index (χ1n) is 12.5. The second-order valence-electron chi connectivity index (χ2n) is 9.39. The topological polar surface area (TPSA) is 38.3 Å². The quantitative estimate of drug-likeness (QED) is 0.265. The van der Waals surface area contributed by atoms with Crippen molar-refractivity contribution in [2.24, 2.45) is 11.8 Å². The zero-order valence-corrected chi connectivity index (χ0v) is 21.4. The number of amides is 1. The zero-order chi connectivity index (χ0) is 25.1. The van der Waals surface area contributed by atoms with Crippen LogP contribution in [0.1, 0.15) is 39.2 Å². The third-order valence-electron chi connectivity index (χ3n) is 7.19. The first kappa shape index (κ1) is 24.5. The number of rotatable bonds is 8. The minimum absolute atomic E-state index is 0.0428. The van der Waals surface area contributed by atoms with E-state index in [9.17, 15) is 4.79 Å². The van der Waals surface area contributed by atoms with Crippen molar-refractivity contribution in [3.05, 3.63) is 84.4 Å². The molecule has 0 bridgehead atoms. The molecular weight excluding hydrogens is 430 g/mol. The lowest BCUT2D eigenvalue weighted by atomic mass is 9.82. The van der Waals surface area contributed by atoms with Crippen LogP contribution in [0.2, 0.25) is 0 Å². The Kier molecular flexibility index (Phi) is 7.25. The van der Waals surface area contributed by atoms with Crippen molar-refractivity contribution in [1.82, 2.24) is 0 Å². The van der Waals surface area contributed by atoms with Gasteiger partial charge in [0, 0.05) is 17.0 Å². The summed E-state index contributed by atoms with van der Waals surface area (Å²) in [6.07, 6.45) is 1.65. The van der Waals surface area contributed by atoms with Crippen molar-refractivity contribution in [3.63, 3.8) is 0 Å². The Morgan fingerprint density at radius 3 is 2.09 bits per heavy atom. The Labute approximate surface area is 208 Å². The highest BCUT2D eigenvalue weighted by Gasteiger charge is 2.28. The number of fused-ring (bicyclic) bond motifs is 2. The molecule has 0 heterocycles. The van der Waals surface area contributed by atoms with Gasteiger partial charge < -0.3 is 10.1 Å². The molecule has 1 N–H and O–H groups in total. The van der Waals surface area contributed by atoms with E-state index in [2.05, 4.69) is 75.1 Å². The van der Waals surface area contributed by atoms with Gasteiger partial charge >= 0.3 is 0 Å². The summed E-state index contributed by atoms with van der Waals surface area (Å²) < 4.78 is 5.89. The van der Waals surface area contributed by atoms with Crippen LogP contribution in [0.5, 0.6) is 5.75 Å². The van der Waals surface area contributed by atoms with Gasteiger partial charge in [0.05, 0.1) is 12.8 Å². The number of nitrogens with one attached hydrogen (secondary N) is 1. The molecule has 0 aliphatic heterocycles. The standard InChI is InChI=1S/C32H35NO2/c1-7-24(20(3)4)25(8-2)32(34)33-31-21(5)19-23-14-10-12-16-27(23)30(31)29-26-15-11-9-13-22(26)17-18-28(29)35-6/h9-19,24-25H,3,7-8H2,1-2,4-6H3,(H,33,34)/t24-,25+/m1/s1. The summed E-state index contributed by atoms with van der Waals surface area (Å²) in [4.78, 5) is 13.8. The third kappa shape index (κ3) is 4.55. The van der Waals surface area contributed by atoms with Crippen LogP contribution in [0.25, 0.3) is 32.7 Å². The summed E-state index contributed by atoms with van der Waals surface area (Å²) in [5, 5.41) is 7.82. The van der Waals surface area contributed by atoms with E-state index < -0.39 is 0 Å². The average molecular weight is 466 g/mol. The fraction of sp³-hybridized carbons (Fsp3) is 0.281. The molecule has 4 aromatic rings. The van der Waals surface area contributed by atoms with Crippen LogP contribution in [0.15, 0.2) is 78.9 Å². The minimum Gasteiger partial charge on any atom is -0.496 e. The summed E-state index contributed by atoms with van der Waals surface area (Å²) in [7, 11) is 1.70. The molecule has 0 saturated carbocycles. The molecule has 1 amide bonds. The fourth-order valence-electron chi connectivity index (χ4n) is 5.43. The lowest BCUT2D eigenvalue weighted by Gasteiger charge is -2.27. The Hall–Kier alpha value is -3.59. The molecule has 0 radical (unpaired) electrons. The Bertz CT molecular complexity index is 1400. The van der Waals surface area contributed by atoms with Gasteiger partial charge in [0.2, 0.25) is 5.91 Å². The molecular formula is C32H35NO2. The van der Waals surface area contributed by atoms with Crippen LogP contribution >= 0.6 is 0 Å². The summed E-state index contributed by atoms with van der Waals surface area (Å²) in [5.41, 5.74) is 4.93. The van der Waals surface area contributed by atoms with Crippen LogP contribution in [0.4, 0.5) is 5.69 Å². The van der Waals surface area contributed by atoms with E-state index in [1.807, 2.05) is 31.2 Å². The van der Waals surface area contributed by atoms with Crippen molar-refractivity contribution in [2.75, 3.05) is 12.4 Å². The van der Waals surface area contributed by atoms with E-state index in [1.165, 1.54) is 0 Å². The van der Waals surface area contributed by atoms with E-state index in [0.717, 1.165) is 68.1 Å². The van der Waals surface area contributed by atoms with Gasteiger partial charge in [-0.25, -0.2) is 0 Å². The molecule has 0 unspecified atom stereocenters. The lowest BCUT2D eigenvalue weighted by molar-refractivity contribution is -0.121. The number of aryl methyl sites for hydroxylation is 1. The van der Waals surface area contributed by atoms with Crippen molar-refractivity contribution < 1.29 is 9.53 Å². The molecule has 180 valence electrons. The van der Waals surface area contributed by atoms with Crippen molar-refractivity contribution in [1.29, 1.82) is 0 Å². The van der Waals surface area contributed by atoms with E-state index in [-0.39, 0.29) is 17.7 Å². The third-order valence-corrected chi connectivity index (χ3v) is 7.19. The van der Waals surface area contributed by atoms with Gasteiger partial charge in [-0.3, -0.25) is 4.79 Å². The first-order valence-corrected chi connectivity index (χ1v) is 12.5. The number of carbonyl (C=O) groups excluding carboxylic acids is 1. The first-order chi connectivity index (χ1) is 16.9. The minimum atomic E-state index is -0.134. The van der Waals surface area contributed by atoms with E-state index >= 15 is 0 Å². The number of benzene rings is 4. The molecule has 3 heteroatoms. The van der Waals surface area contributed by atoms with Gasteiger partial charge in [-0.15, -0.1) is 0 Å². The van der Waals surface area contributed by atoms with Crippen LogP contribution in [0.3, 0.4) is 0 Å². The number of allylic oxidation sites excluding steroid dienone is 1. The van der Waals surface area contributed by atoms with Crippen molar-refractivity contribution in [3.8, 4) is 16.9 Å². The molecule has 0 saturated heterocycles. The largest absolute Gasteiger partial charge is 0.496 e. The van der Waals surface area contributed by atoms with Crippen molar-refractivity contribution in [2.45, 2.75) is 40.5 Å². The van der Waals surface area contributed by atoms with Gasteiger partial charge in [-0.05, 0) is 71.8 Å². The zero-order valence-electron chi connectivity index (χ0n) is 21.4. The fourth-order valence-corrected chi connectivity index (χ4v) is 5.43. The summed E-state index contributed by atoms with van der Waals surface area (Å²) in [6, 6.07) is 22.9. The van der Waals surface area contributed by atoms with Gasteiger partial charge in [-0.2, -0.15) is 0 Å². The molecule has 3 nitrogen and oxygen atoms in total. The smallest absolute Gasteiger partial charge is 0.228 e. The van der Waals surface area contributed by atoms with E-state index in [4.69, 9.17) is 4.74 Å². The number of ether oxygens (including phenoxy) is 1. The number of methoxy groups -OCH3 is 1. The maximum atomic E-state index is 13.8. The number of carbonyl (C=O) groups is 1. The maximum Gasteiger partial charge on any atom is 0.228 e. The normalized spacial score (nSPS) is 12.9. The molecule has 0 aromatic heterocycles. The van der Waals surface area contributed by atoms with Crippen LogP contribution in [-0.2, 0) is 4.79 Å². The summed E-state index contributed by atoms with van der Waals surface area (Å²) in [6.45, 7) is 12.5. The maximum absolute atomic E-state index is 13.8. The highest BCUT2D eigenvalue weighted by Crippen LogP contribution is 2.46. The molecule has 0 aliphatic carbocycles. The second kappa shape index (κ2) is 10.4. The van der Waals surface area contributed by atoms with Crippen LogP contribution in [-0.4, -0.2) is 13.0 Å². The number of hydrogen-bond donors (Lipinski definition) is 1. The lowest BCUT2D eigenvalue weighted by Crippen LogP contribution is -2.29. The number of anilines is 1. The van der Waals surface area contributed by atoms with Crippen molar-refractivity contribution >= 4 is 33.1 Å². The van der Waals surface area contributed by atoms with E-state index in [0.29, 0.717) is 0 Å². The summed E-state index contributed by atoms with van der Waals surface area (Å²) in [5.74, 6) is 0.846. The SMILES string of the molecule is C=C(C)[C@@H](CC)[C@H](CC)C(=O)Nc1c(C)cc2ccccc2c1-c1c(OC)ccc2ccccc12. The molecule has 4 rings (SSSR count). The van der Waals surface area contributed by atoms with Gasteiger partial charge in [0.1, 0.15) is 5.75 Å². The highest BCUT2D eigenvalue weighted by molar-refractivity contribution is 6.14. The molecule has 0 fully saturated rings. The molecule has 35 heavy (non-hydrogen) atoms. The monoisotopic (exact) mass is 465 g/mol. The van der Waals surface area contributed by atoms with Gasteiger partial charge in [-0.1, -0.05) is 80.6 Å². The highest BCUT2D eigenvalue weighted by atomic mass is 16.5. The average Bonchev–Trinajstić information content (AvgIpc) is 2.86. The number of hydrogen-bond acceptors (Lipinski definition) is 2. The Morgan fingerprint density at radius 1 is 0.886 bits per heavy atom. The van der Waals surface area contributed by atoms with Gasteiger partial charge in [0.15, 0.2) is 0 Å². The molecule has 0 spiro atoms. The predicted molar refractivity (Wildman–Crippen MR) is 149 cm³/mol. The Morgan fingerprint density at radius 2 is 1.49 bits per heavy atom. The molecule has 0 aliphatic rings. The second-order valence-corrected chi connectivity index (χ2v) is 9.39. The van der Waals surface area contributed by atoms with Gasteiger partial charge in [0.25, 0.3) is 0 Å². The molecule has 2 atom stereocenters.